The second-order valence-electron chi connectivity index (χ2n) is 6.83. The summed E-state index contributed by atoms with van der Waals surface area (Å²) in [6, 6.07) is 12.4. The lowest BCUT2D eigenvalue weighted by Crippen LogP contribution is -2.32. The van der Waals surface area contributed by atoms with E-state index in [1.807, 2.05) is 36.6 Å². The summed E-state index contributed by atoms with van der Waals surface area (Å²) >= 11 is 0. The molecule has 0 bridgehead atoms. The van der Waals surface area contributed by atoms with Gasteiger partial charge in [0.1, 0.15) is 23.9 Å². The largest absolute Gasteiger partial charge is 0.495 e. The highest BCUT2D eigenvalue weighted by Gasteiger charge is 2.19. The van der Waals surface area contributed by atoms with Gasteiger partial charge in [0.15, 0.2) is 0 Å². The first-order valence-electron chi connectivity index (χ1n) is 9.44. The van der Waals surface area contributed by atoms with Crippen LogP contribution < -0.4 is 19.7 Å². The fourth-order valence-electron chi connectivity index (χ4n) is 3.43. The van der Waals surface area contributed by atoms with Crippen LogP contribution in [0.3, 0.4) is 0 Å². The molecule has 28 heavy (non-hydrogen) atoms. The Bertz CT molecular complexity index is 894. The van der Waals surface area contributed by atoms with Crippen LogP contribution in [0.4, 0.5) is 5.82 Å². The van der Waals surface area contributed by atoms with Gasteiger partial charge in [0, 0.05) is 25.4 Å². The van der Waals surface area contributed by atoms with Crippen LogP contribution >= 0.6 is 0 Å². The molecular weight excluding hydrogens is 354 g/mol. The molecule has 1 aromatic heterocycles. The van der Waals surface area contributed by atoms with Crippen molar-refractivity contribution < 1.29 is 14.2 Å². The van der Waals surface area contributed by atoms with Crippen LogP contribution in [0.25, 0.3) is 0 Å². The molecule has 0 saturated heterocycles. The number of dihydropyridines is 1. The van der Waals surface area contributed by atoms with E-state index in [-0.39, 0.29) is 6.04 Å². The Morgan fingerprint density at radius 2 is 2.07 bits per heavy atom. The molecule has 6 heteroatoms. The Morgan fingerprint density at radius 3 is 2.86 bits per heavy atom. The zero-order chi connectivity index (χ0) is 19.3. The molecule has 146 valence electrons. The van der Waals surface area contributed by atoms with Crippen LogP contribution in [-0.2, 0) is 17.7 Å². The fourth-order valence-corrected chi connectivity index (χ4v) is 3.43. The summed E-state index contributed by atoms with van der Waals surface area (Å²) in [6.07, 6.45) is 6.86. The van der Waals surface area contributed by atoms with Crippen LogP contribution in [-0.4, -0.2) is 38.4 Å². The van der Waals surface area contributed by atoms with Gasteiger partial charge in [-0.2, -0.15) is 4.98 Å². The molecule has 0 radical (unpaired) electrons. The molecule has 3 heterocycles. The van der Waals surface area contributed by atoms with Crippen LogP contribution in [0.5, 0.6) is 11.6 Å². The van der Waals surface area contributed by atoms with E-state index in [0.717, 1.165) is 36.8 Å². The first kappa shape index (κ1) is 18.2. The van der Waals surface area contributed by atoms with Crippen molar-refractivity contribution in [2.24, 2.45) is 0 Å². The second-order valence-corrected chi connectivity index (χ2v) is 6.83. The van der Waals surface area contributed by atoms with Gasteiger partial charge >= 0.3 is 0 Å². The number of aromatic nitrogens is 1. The first-order valence-corrected chi connectivity index (χ1v) is 9.44. The fraction of sp³-hybridized carbons (Fsp3) is 0.318. The zero-order valence-corrected chi connectivity index (χ0v) is 16.2. The van der Waals surface area contributed by atoms with Gasteiger partial charge in [-0.05, 0) is 41.8 Å². The van der Waals surface area contributed by atoms with Crippen molar-refractivity contribution in [3.05, 3.63) is 71.6 Å². The van der Waals surface area contributed by atoms with E-state index in [1.165, 1.54) is 11.1 Å². The maximum Gasteiger partial charge on any atom is 0.214 e. The number of ether oxygens (including phenoxy) is 3. The minimum atomic E-state index is 0.132. The van der Waals surface area contributed by atoms with E-state index in [4.69, 9.17) is 14.2 Å². The van der Waals surface area contributed by atoms with Crippen molar-refractivity contribution >= 4 is 5.82 Å². The van der Waals surface area contributed by atoms with Gasteiger partial charge in [0.05, 0.1) is 20.3 Å². The van der Waals surface area contributed by atoms with Gasteiger partial charge in [-0.25, -0.2) is 0 Å². The monoisotopic (exact) mass is 379 g/mol. The Hall–Kier alpha value is -3.15. The first-order chi connectivity index (χ1) is 13.7. The zero-order valence-electron chi connectivity index (χ0n) is 16.2. The Balaban J connectivity index is 1.41. The van der Waals surface area contributed by atoms with Gasteiger partial charge in [0.2, 0.25) is 5.88 Å². The molecule has 1 unspecified atom stereocenters. The highest BCUT2D eigenvalue weighted by molar-refractivity contribution is 5.47. The Labute approximate surface area is 165 Å². The highest BCUT2D eigenvalue weighted by atomic mass is 16.5. The lowest BCUT2D eigenvalue weighted by atomic mass is 9.99. The molecule has 0 amide bonds. The van der Waals surface area contributed by atoms with Crippen molar-refractivity contribution in [2.75, 3.05) is 32.3 Å². The molecule has 1 N–H and O–H groups in total. The molecule has 4 rings (SSSR count). The molecule has 6 nitrogen and oxygen atoms in total. The average Bonchev–Trinajstić information content (AvgIpc) is 2.77. The molecule has 0 saturated carbocycles. The lowest BCUT2D eigenvalue weighted by molar-refractivity contribution is 0.278. The maximum absolute atomic E-state index is 6.02. The summed E-state index contributed by atoms with van der Waals surface area (Å²) in [6.45, 7) is 2.32. The van der Waals surface area contributed by atoms with E-state index < -0.39 is 0 Å². The molecule has 2 aliphatic rings. The predicted molar refractivity (Wildman–Crippen MR) is 109 cm³/mol. The summed E-state index contributed by atoms with van der Waals surface area (Å²) in [5, 5.41) is 3.26. The third kappa shape index (κ3) is 4.06. The molecule has 0 fully saturated rings. The Morgan fingerprint density at radius 1 is 1.14 bits per heavy atom. The number of benzene rings is 1. The summed E-state index contributed by atoms with van der Waals surface area (Å²) in [5.74, 6) is 3.28. The molecule has 2 aliphatic heterocycles. The normalized spacial score (nSPS) is 18.0. The molecule has 2 aromatic rings. The summed E-state index contributed by atoms with van der Waals surface area (Å²) < 4.78 is 16.5. The minimum absolute atomic E-state index is 0.132. The van der Waals surface area contributed by atoms with Gasteiger partial charge in [-0.15, -0.1) is 0 Å². The summed E-state index contributed by atoms with van der Waals surface area (Å²) in [4.78, 5) is 6.84. The number of allylic oxidation sites excluding steroid dienone is 1. The number of pyridine rings is 1. The molecule has 1 aromatic carbocycles. The third-order valence-electron chi connectivity index (χ3n) is 5.03. The van der Waals surface area contributed by atoms with Crippen LogP contribution in [0.2, 0.25) is 0 Å². The van der Waals surface area contributed by atoms with Crippen molar-refractivity contribution in [3.63, 3.8) is 0 Å². The average molecular weight is 379 g/mol. The number of rotatable bonds is 6. The van der Waals surface area contributed by atoms with Gasteiger partial charge < -0.3 is 24.4 Å². The van der Waals surface area contributed by atoms with Crippen molar-refractivity contribution in [1.29, 1.82) is 0 Å². The van der Waals surface area contributed by atoms with Crippen molar-refractivity contribution in [1.82, 2.24) is 10.3 Å². The van der Waals surface area contributed by atoms with Crippen LogP contribution in [0, 0.1) is 0 Å². The molecular formula is C22H25N3O3. The number of hydrogen-bond acceptors (Lipinski definition) is 6. The predicted octanol–water partition coefficient (Wildman–Crippen LogP) is 3.05. The van der Waals surface area contributed by atoms with E-state index in [9.17, 15) is 0 Å². The van der Waals surface area contributed by atoms with E-state index in [0.29, 0.717) is 12.5 Å². The van der Waals surface area contributed by atoms with E-state index in [2.05, 4.69) is 33.4 Å². The number of nitrogens with one attached hydrogen (secondary N) is 1. The Kier molecular flexibility index (Phi) is 5.37. The lowest BCUT2D eigenvalue weighted by Gasteiger charge is -2.30. The third-order valence-corrected chi connectivity index (χ3v) is 5.03. The van der Waals surface area contributed by atoms with E-state index >= 15 is 0 Å². The second kappa shape index (κ2) is 8.25. The molecule has 1 atom stereocenters. The quantitative estimate of drug-likeness (QED) is 0.833. The number of nitrogens with zero attached hydrogens (tertiary/aromatic N) is 2. The highest BCUT2D eigenvalue weighted by Crippen LogP contribution is 2.27. The van der Waals surface area contributed by atoms with Crippen LogP contribution in [0.15, 0.2) is 60.5 Å². The topological polar surface area (TPSA) is 55.8 Å². The molecule has 0 spiro atoms. The number of anilines is 1. The number of methoxy groups -OCH3 is 2. The maximum atomic E-state index is 6.02. The summed E-state index contributed by atoms with van der Waals surface area (Å²) in [7, 11) is 3.30. The van der Waals surface area contributed by atoms with Crippen LogP contribution in [0.1, 0.15) is 11.1 Å². The smallest absolute Gasteiger partial charge is 0.214 e. The van der Waals surface area contributed by atoms with Crippen molar-refractivity contribution in [3.8, 4) is 11.6 Å². The SMILES string of the molecule is COC1=CNC(COc2ccc3c(c2)CN(c2cccc(OC)n2)CC3)C=C1. The standard InChI is InChI=1S/C22H25N3O3/c1-26-20-9-7-18(23-13-20)15-28-19-8-6-16-10-11-25(14-17(16)12-19)21-4-3-5-22(24-21)27-2/h3-9,12-13,18,23H,10-11,14-15H2,1-2H3. The van der Waals surface area contributed by atoms with Gasteiger partial charge in [0.25, 0.3) is 0 Å². The van der Waals surface area contributed by atoms with Crippen molar-refractivity contribution in [2.45, 2.75) is 19.0 Å². The molecule has 0 aliphatic carbocycles. The summed E-state index contributed by atoms with van der Waals surface area (Å²) in [5.41, 5.74) is 2.65. The van der Waals surface area contributed by atoms with Gasteiger partial charge in [-0.1, -0.05) is 18.2 Å². The number of hydrogen-bond donors (Lipinski definition) is 1. The number of fused-ring (bicyclic) bond motifs is 1. The van der Waals surface area contributed by atoms with E-state index in [1.54, 1.807) is 14.2 Å². The van der Waals surface area contributed by atoms with Gasteiger partial charge in [-0.3, -0.25) is 0 Å². The minimum Gasteiger partial charge on any atom is -0.495 e.